The summed E-state index contributed by atoms with van der Waals surface area (Å²) < 4.78 is 7.52. The molecule has 0 unspecified atom stereocenters. The van der Waals surface area contributed by atoms with Gasteiger partial charge in [-0.3, -0.25) is 9.36 Å². The first-order valence-electron chi connectivity index (χ1n) is 10.5. The van der Waals surface area contributed by atoms with Gasteiger partial charge >= 0.3 is 5.97 Å². The zero-order valence-corrected chi connectivity index (χ0v) is 20.5. The van der Waals surface area contributed by atoms with Crippen molar-refractivity contribution in [2.45, 2.75) is 46.1 Å². The van der Waals surface area contributed by atoms with Crippen LogP contribution >= 0.6 is 22.7 Å². The molecule has 0 amide bonds. The van der Waals surface area contributed by atoms with Crippen LogP contribution in [0.5, 0.6) is 0 Å². The molecule has 0 aliphatic carbocycles. The first-order valence-corrected chi connectivity index (χ1v) is 12.2. The van der Waals surface area contributed by atoms with E-state index in [9.17, 15) is 9.59 Å². The third-order valence-electron chi connectivity index (χ3n) is 5.40. The monoisotopic (exact) mass is 466 g/mol. The van der Waals surface area contributed by atoms with Crippen molar-refractivity contribution >= 4 is 34.7 Å². The lowest BCUT2D eigenvalue weighted by Crippen LogP contribution is -2.39. The van der Waals surface area contributed by atoms with Gasteiger partial charge in [-0.05, 0) is 47.9 Å². The van der Waals surface area contributed by atoms with Crippen LogP contribution in [0.15, 0.2) is 62.8 Å². The van der Waals surface area contributed by atoms with Crippen LogP contribution in [0.1, 0.15) is 56.7 Å². The van der Waals surface area contributed by atoms with Gasteiger partial charge in [-0.1, -0.05) is 62.4 Å². The van der Waals surface area contributed by atoms with Crippen LogP contribution in [-0.4, -0.2) is 17.1 Å². The van der Waals surface area contributed by atoms with Gasteiger partial charge in [0.1, 0.15) is 6.04 Å². The van der Waals surface area contributed by atoms with Crippen LogP contribution in [0.25, 0.3) is 6.08 Å². The number of nitrogens with zero attached hydrogens (tertiary/aromatic N) is 2. The zero-order chi connectivity index (χ0) is 23.0. The first kappa shape index (κ1) is 22.4. The minimum atomic E-state index is -0.532. The van der Waals surface area contributed by atoms with E-state index >= 15 is 0 Å². The standard InChI is InChI=1S/C25H26N2O3S2/c1-6-30-23(29)20-15(2)26-24-27(21(20)18-8-7-13-31-18)22(28)19(32-24)14-16-9-11-17(12-10-16)25(3,4)5/h7-14,21H,6H2,1-5H3/b19-14+/t21-/m0/s1. The highest BCUT2D eigenvalue weighted by Crippen LogP contribution is 2.33. The average molecular weight is 467 g/mol. The topological polar surface area (TPSA) is 60.7 Å². The summed E-state index contributed by atoms with van der Waals surface area (Å²) in [4.78, 5) is 32.4. The normalized spacial score (nSPS) is 16.7. The third kappa shape index (κ3) is 4.14. The zero-order valence-electron chi connectivity index (χ0n) is 18.8. The second-order valence-electron chi connectivity index (χ2n) is 8.69. The van der Waals surface area contributed by atoms with E-state index in [-0.39, 0.29) is 17.6 Å². The SMILES string of the molecule is CCOC(=O)C1=C(C)N=c2s/c(=C/c3ccc(C(C)(C)C)cc3)c(=O)n2[C@H]1c1cccs1. The molecular formula is C25H26N2O3S2. The molecule has 3 heterocycles. The number of ether oxygens (including phenoxy) is 1. The highest BCUT2D eigenvalue weighted by Gasteiger charge is 2.33. The molecule has 5 nitrogen and oxygen atoms in total. The maximum Gasteiger partial charge on any atom is 0.338 e. The van der Waals surface area contributed by atoms with Crippen LogP contribution in [0.3, 0.4) is 0 Å². The van der Waals surface area contributed by atoms with Crippen LogP contribution in [0.4, 0.5) is 0 Å². The van der Waals surface area contributed by atoms with Gasteiger partial charge in [-0.2, -0.15) is 0 Å². The van der Waals surface area contributed by atoms with Crippen LogP contribution in [-0.2, 0) is 14.9 Å². The molecular weight excluding hydrogens is 440 g/mol. The Labute approximate surface area is 195 Å². The van der Waals surface area contributed by atoms with E-state index in [4.69, 9.17) is 4.74 Å². The van der Waals surface area contributed by atoms with Crippen molar-refractivity contribution in [1.82, 2.24) is 4.57 Å². The predicted molar refractivity (Wildman–Crippen MR) is 130 cm³/mol. The molecule has 0 saturated heterocycles. The fraction of sp³-hybridized carbons (Fsp3) is 0.320. The van der Waals surface area contributed by atoms with Gasteiger partial charge < -0.3 is 4.74 Å². The molecule has 1 aliphatic rings. The number of rotatable bonds is 4. The Hall–Kier alpha value is -2.77. The number of allylic oxidation sites excluding steroid dienone is 1. The minimum absolute atomic E-state index is 0.0691. The van der Waals surface area contributed by atoms with Crippen molar-refractivity contribution in [3.05, 3.63) is 88.7 Å². The summed E-state index contributed by atoms with van der Waals surface area (Å²) in [6.45, 7) is 10.4. The number of fused-ring (bicyclic) bond motifs is 1. The number of benzene rings is 1. The quantitative estimate of drug-likeness (QED) is 0.543. The Morgan fingerprint density at radius 3 is 2.53 bits per heavy atom. The molecule has 1 aliphatic heterocycles. The summed E-state index contributed by atoms with van der Waals surface area (Å²) in [5, 5.41) is 1.94. The second kappa shape index (κ2) is 8.64. The molecule has 0 spiro atoms. The van der Waals surface area contributed by atoms with Crippen LogP contribution in [0.2, 0.25) is 0 Å². The highest BCUT2D eigenvalue weighted by atomic mass is 32.1. The van der Waals surface area contributed by atoms with Crippen molar-refractivity contribution in [3.8, 4) is 0 Å². The van der Waals surface area contributed by atoms with E-state index in [1.807, 2.05) is 35.7 Å². The first-order chi connectivity index (χ1) is 15.2. The predicted octanol–water partition coefficient (Wildman–Crippen LogP) is 4.16. The summed E-state index contributed by atoms with van der Waals surface area (Å²) >= 11 is 2.86. The number of esters is 1. The molecule has 4 rings (SSSR count). The highest BCUT2D eigenvalue weighted by molar-refractivity contribution is 7.10. The lowest BCUT2D eigenvalue weighted by molar-refractivity contribution is -0.139. The van der Waals surface area contributed by atoms with Gasteiger partial charge in [0, 0.05) is 4.88 Å². The summed E-state index contributed by atoms with van der Waals surface area (Å²) in [7, 11) is 0. The molecule has 0 fully saturated rings. The van der Waals surface area contributed by atoms with Crippen molar-refractivity contribution < 1.29 is 9.53 Å². The molecule has 1 aromatic carbocycles. The molecule has 0 N–H and O–H groups in total. The van der Waals surface area contributed by atoms with Crippen LogP contribution in [0, 0.1) is 0 Å². The van der Waals surface area contributed by atoms with Gasteiger partial charge in [-0.25, -0.2) is 9.79 Å². The Morgan fingerprint density at radius 1 is 1.22 bits per heavy atom. The molecule has 0 bridgehead atoms. The van der Waals surface area contributed by atoms with E-state index < -0.39 is 12.0 Å². The van der Waals surface area contributed by atoms with Crippen molar-refractivity contribution in [2.75, 3.05) is 6.61 Å². The molecule has 0 radical (unpaired) electrons. The Bertz CT molecular complexity index is 1350. The molecule has 32 heavy (non-hydrogen) atoms. The fourth-order valence-corrected chi connectivity index (χ4v) is 5.61. The van der Waals surface area contributed by atoms with E-state index in [0.717, 1.165) is 10.4 Å². The Kier molecular flexibility index (Phi) is 6.05. The lowest BCUT2D eigenvalue weighted by Gasteiger charge is -2.23. The maximum absolute atomic E-state index is 13.5. The van der Waals surface area contributed by atoms with Crippen molar-refractivity contribution in [3.63, 3.8) is 0 Å². The Balaban J connectivity index is 1.86. The summed E-state index contributed by atoms with van der Waals surface area (Å²) in [6.07, 6.45) is 1.89. The largest absolute Gasteiger partial charge is 0.463 e. The third-order valence-corrected chi connectivity index (χ3v) is 7.31. The molecule has 7 heteroatoms. The van der Waals surface area contributed by atoms with E-state index in [1.54, 1.807) is 18.4 Å². The minimum Gasteiger partial charge on any atom is -0.463 e. The summed E-state index contributed by atoms with van der Waals surface area (Å²) in [5.41, 5.74) is 3.12. The van der Waals surface area contributed by atoms with E-state index in [2.05, 4.69) is 37.9 Å². The number of hydrogen-bond donors (Lipinski definition) is 0. The number of thiophene rings is 1. The Morgan fingerprint density at radius 2 is 1.94 bits per heavy atom. The van der Waals surface area contributed by atoms with Gasteiger partial charge in [-0.15, -0.1) is 11.3 Å². The molecule has 166 valence electrons. The van der Waals surface area contributed by atoms with Crippen molar-refractivity contribution in [2.24, 2.45) is 4.99 Å². The van der Waals surface area contributed by atoms with Gasteiger partial charge in [0.15, 0.2) is 4.80 Å². The smallest absolute Gasteiger partial charge is 0.338 e. The van der Waals surface area contributed by atoms with Crippen LogP contribution < -0.4 is 14.9 Å². The number of hydrogen-bond acceptors (Lipinski definition) is 6. The number of aromatic nitrogens is 1. The number of carbonyl (C=O) groups is 1. The fourth-order valence-electron chi connectivity index (χ4n) is 3.74. The molecule has 3 aromatic rings. The number of thiazole rings is 1. The molecule has 0 saturated carbocycles. The molecule has 2 aromatic heterocycles. The van der Waals surface area contributed by atoms with Gasteiger partial charge in [0.05, 0.1) is 22.4 Å². The summed E-state index contributed by atoms with van der Waals surface area (Å²) in [5.74, 6) is -0.431. The lowest BCUT2D eigenvalue weighted by atomic mass is 9.87. The summed E-state index contributed by atoms with van der Waals surface area (Å²) in [6, 6.07) is 11.6. The second-order valence-corrected chi connectivity index (χ2v) is 10.7. The van der Waals surface area contributed by atoms with Gasteiger partial charge in [0.25, 0.3) is 5.56 Å². The van der Waals surface area contributed by atoms with E-state index in [1.165, 1.54) is 28.2 Å². The number of carbonyl (C=O) groups excluding carboxylic acids is 1. The van der Waals surface area contributed by atoms with Gasteiger partial charge in [0.2, 0.25) is 0 Å². The average Bonchev–Trinajstić information content (AvgIpc) is 3.36. The molecule has 1 atom stereocenters. The van der Waals surface area contributed by atoms with Crippen molar-refractivity contribution in [1.29, 1.82) is 0 Å². The van der Waals surface area contributed by atoms with E-state index in [0.29, 0.717) is 20.6 Å². The maximum atomic E-state index is 13.5.